The van der Waals surface area contributed by atoms with Crippen molar-refractivity contribution in [2.45, 2.75) is 20.3 Å². The van der Waals surface area contributed by atoms with Crippen molar-refractivity contribution in [3.63, 3.8) is 0 Å². The van der Waals surface area contributed by atoms with E-state index in [1.807, 2.05) is 11.3 Å². The van der Waals surface area contributed by atoms with Crippen molar-refractivity contribution in [1.82, 2.24) is 5.32 Å². The maximum atomic E-state index is 4.99. The van der Waals surface area contributed by atoms with Gasteiger partial charge in [0.1, 0.15) is 0 Å². The van der Waals surface area contributed by atoms with Gasteiger partial charge in [-0.15, -0.1) is 11.3 Å². The minimum atomic E-state index is 0.690. The van der Waals surface area contributed by atoms with E-state index in [4.69, 9.17) is 4.74 Å². The van der Waals surface area contributed by atoms with Gasteiger partial charge in [0.05, 0.1) is 6.61 Å². The van der Waals surface area contributed by atoms with Crippen LogP contribution in [-0.4, -0.2) is 26.8 Å². The molecule has 1 aromatic rings. The van der Waals surface area contributed by atoms with E-state index in [1.165, 1.54) is 16.9 Å². The molecule has 15 heavy (non-hydrogen) atoms. The molecule has 0 aliphatic rings. The second kappa shape index (κ2) is 6.99. The Morgan fingerprint density at radius 1 is 1.53 bits per heavy atom. The lowest BCUT2D eigenvalue weighted by molar-refractivity contribution is 0.198. The van der Waals surface area contributed by atoms with Crippen molar-refractivity contribution in [2.24, 2.45) is 5.92 Å². The van der Waals surface area contributed by atoms with Crippen LogP contribution >= 0.6 is 11.3 Å². The van der Waals surface area contributed by atoms with Gasteiger partial charge in [0, 0.05) is 18.5 Å². The Labute approximate surface area is 96.7 Å². The van der Waals surface area contributed by atoms with Crippen molar-refractivity contribution in [1.29, 1.82) is 0 Å². The van der Waals surface area contributed by atoms with Gasteiger partial charge in [0.25, 0.3) is 0 Å². The van der Waals surface area contributed by atoms with E-state index in [0.717, 1.165) is 19.7 Å². The second-order valence-corrected chi connectivity index (χ2v) is 5.13. The third-order valence-corrected chi connectivity index (χ3v) is 3.40. The summed E-state index contributed by atoms with van der Waals surface area (Å²) in [5.74, 6) is 0.690. The second-order valence-electron chi connectivity index (χ2n) is 4.01. The van der Waals surface area contributed by atoms with Crippen LogP contribution in [0, 0.1) is 12.8 Å². The van der Waals surface area contributed by atoms with Crippen molar-refractivity contribution < 1.29 is 4.74 Å². The molecule has 1 rings (SSSR count). The Kier molecular flexibility index (Phi) is 5.91. The summed E-state index contributed by atoms with van der Waals surface area (Å²) < 4.78 is 4.99. The van der Waals surface area contributed by atoms with Crippen LogP contribution in [0.1, 0.15) is 17.4 Å². The Balaban J connectivity index is 2.18. The van der Waals surface area contributed by atoms with Gasteiger partial charge in [-0.05, 0) is 42.8 Å². The molecule has 1 heterocycles. The molecule has 0 amide bonds. The molecule has 3 heteroatoms. The largest absolute Gasteiger partial charge is 0.383 e. The van der Waals surface area contributed by atoms with Gasteiger partial charge in [-0.1, -0.05) is 6.92 Å². The summed E-state index contributed by atoms with van der Waals surface area (Å²) in [5, 5.41) is 5.57. The minimum absolute atomic E-state index is 0.690. The van der Waals surface area contributed by atoms with Crippen LogP contribution in [0.15, 0.2) is 11.4 Å². The number of nitrogens with one attached hydrogen (secondary N) is 1. The summed E-state index contributed by atoms with van der Waals surface area (Å²) in [5.41, 5.74) is 1.50. The summed E-state index contributed by atoms with van der Waals surface area (Å²) >= 11 is 1.84. The summed E-state index contributed by atoms with van der Waals surface area (Å²) in [4.78, 5) is 1.46. The van der Waals surface area contributed by atoms with E-state index in [2.05, 4.69) is 30.6 Å². The van der Waals surface area contributed by atoms with E-state index in [9.17, 15) is 0 Å². The molecule has 0 aliphatic heterocycles. The molecule has 1 unspecified atom stereocenters. The van der Waals surface area contributed by atoms with Gasteiger partial charge in [-0.2, -0.15) is 0 Å². The lowest BCUT2D eigenvalue weighted by Crippen LogP contribution is -2.25. The maximum absolute atomic E-state index is 4.99. The topological polar surface area (TPSA) is 21.3 Å². The summed E-state index contributed by atoms with van der Waals surface area (Å²) in [6.45, 7) is 7.30. The average molecular weight is 227 g/mol. The average Bonchev–Trinajstić information content (AvgIpc) is 2.59. The molecular formula is C12H21NOS. The van der Waals surface area contributed by atoms with Gasteiger partial charge in [-0.3, -0.25) is 0 Å². The van der Waals surface area contributed by atoms with Crippen LogP contribution in [-0.2, 0) is 11.2 Å². The predicted octanol–water partition coefficient (Wildman–Crippen LogP) is 2.47. The highest BCUT2D eigenvalue weighted by Crippen LogP contribution is 2.18. The maximum Gasteiger partial charge on any atom is 0.0587 e. The molecule has 86 valence electrons. The Morgan fingerprint density at radius 3 is 2.93 bits per heavy atom. The normalized spacial score (nSPS) is 13.0. The highest BCUT2D eigenvalue weighted by Gasteiger charge is 2.06. The van der Waals surface area contributed by atoms with Crippen LogP contribution in [0.3, 0.4) is 0 Å². The number of aryl methyl sites for hydroxylation is 1. The fourth-order valence-corrected chi connectivity index (χ4v) is 2.33. The zero-order valence-corrected chi connectivity index (χ0v) is 10.7. The van der Waals surface area contributed by atoms with E-state index in [-0.39, 0.29) is 0 Å². The van der Waals surface area contributed by atoms with Crippen LogP contribution in [0.5, 0.6) is 0 Å². The number of hydrogen-bond donors (Lipinski definition) is 1. The van der Waals surface area contributed by atoms with Gasteiger partial charge in [0.2, 0.25) is 0 Å². The number of hydrogen-bond acceptors (Lipinski definition) is 3. The zero-order valence-electron chi connectivity index (χ0n) is 9.88. The molecule has 1 atom stereocenters. The lowest BCUT2D eigenvalue weighted by Gasteiger charge is -2.12. The fraction of sp³-hybridized carbons (Fsp3) is 0.667. The standard InChI is InChI=1S/C12H21NOS/c1-10(9-13-5-6-14-3)8-12-4-7-15-11(12)2/h4,7,10,13H,5-6,8-9H2,1-3H3. The molecule has 1 aromatic heterocycles. The third-order valence-electron chi connectivity index (χ3n) is 2.51. The molecule has 2 nitrogen and oxygen atoms in total. The van der Waals surface area contributed by atoms with Crippen LogP contribution in [0.25, 0.3) is 0 Å². The SMILES string of the molecule is COCCNCC(C)Cc1ccsc1C. The minimum Gasteiger partial charge on any atom is -0.383 e. The van der Waals surface area contributed by atoms with Crippen LogP contribution in [0.2, 0.25) is 0 Å². The highest BCUT2D eigenvalue weighted by atomic mass is 32.1. The van der Waals surface area contributed by atoms with E-state index >= 15 is 0 Å². The summed E-state index contributed by atoms with van der Waals surface area (Å²) in [6.07, 6.45) is 1.18. The summed E-state index contributed by atoms with van der Waals surface area (Å²) in [7, 11) is 1.74. The molecule has 0 spiro atoms. The van der Waals surface area contributed by atoms with E-state index in [1.54, 1.807) is 7.11 Å². The highest BCUT2D eigenvalue weighted by molar-refractivity contribution is 7.10. The molecule has 0 bridgehead atoms. The zero-order chi connectivity index (χ0) is 11.1. The van der Waals surface area contributed by atoms with E-state index in [0.29, 0.717) is 5.92 Å². The number of thiophene rings is 1. The number of ether oxygens (including phenoxy) is 1. The Morgan fingerprint density at radius 2 is 2.33 bits per heavy atom. The quantitative estimate of drug-likeness (QED) is 0.723. The molecule has 0 radical (unpaired) electrons. The number of rotatable bonds is 7. The summed E-state index contributed by atoms with van der Waals surface area (Å²) in [6, 6.07) is 2.24. The third kappa shape index (κ3) is 4.78. The molecule has 0 fully saturated rings. The molecule has 0 aliphatic carbocycles. The monoisotopic (exact) mass is 227 g/mol. The van der Waals surface area contributed by atoms with Crippen molar-refractivity contribution in [3.05, 3.63) is 21.9 Å². The lowest BCUT2D eigenvalue weighted by atomic mass is 10.0. The van der Waals surface area contributed by atoms with Crippen LogP contribution < -0.4 is 5.32 Å². The fourth-order valence-electron chi connectivity index (χ4n) is 1.59. The van der Waals surface area contributed by atoms with E-state index < -0.39 is 0 Å². The van der Waals surface area contributed by atoms with Gasteiger partial charge >= 0.3 is 0 Å². The first kappa shape index (κ1) is 12.7. The molecule has 0 aromatic carbocycles. The van der Waals surface area contributed by atoms with Crippen molar-refractivity contribution in [2.75, 3.05) is 26.8 Å². The molecule has 1 N–H and O–H groups in total. The van der Waals surface area contributed by atoms with Gasteiger partial charge in [0.15, 0.2) is 0 Å². The Bertz CT molecular complexity index is 272. The van der Waals surface area contributed by atoms with Crippen molar-refractivity contribution >= 4 is 11.3 Å². The molecular weight excluding hydrogens is 206 g/mol. The first-order chi connectivity index (χ1) is 7.24. The smallest absolute Gasteiger partial charge is 0.0587 e. The van der Waals surface area contributed by atoms with Crippen LogP contribution in [0.4, 0.5) is 0 Å². The molecule has 0 saturated heterocycles. The first-order valence-corrected chi connectivity index (χ1v) is 6.34. The van der Waals surface area contributed by atoms with Gasteiger partial charge in [-0.25, -0.2) is 0 Å². The Hall–Kier alpha value is -0.380. The predicted molar refractivity (Wildman–Crippen MR) is 66.7 cm³/mol. The van der Waals surface area contributed by atoms with Gasteiger partial charge < -0.3 is 10.1 Å². The number of methoxy groups -OCH3 is 1. The van der Waals surface area contributed by atoms with Crippen molar-refractivity contribution in [3.8, 4) is 0 Å². The first-order valence-electron chi connectivity index (χ1n) is 5.46. The molecule has 0 saturated carbocycles.